The first kappa shape index (κ1) is 25.7. The number of aromatic nitrogens is 2. The van der Waals surface area contributed by atoms with Crippen LogP contribution in [0.15, 0.2) is 59.6 Å². The minimum absolute atomic E-state index is 0. The number of hydrogen-bond donors (Lipinski definition) is 3. The number of halogens is 1. The van der Waals surface area contributed by atoms with Gasteiger partial charge in [0.2, 0.25) is 10.0 Å². The quantitative estimate of drug-likeness (QED) is 0.231. The first-order chi connectivity index (χ1) is 14.8. The Kier molecular flexibility index (Phi) is 9.08. The van der Waals surface area contributed by atoms with Gasteiger partial charge in [0.1, 0.15) is 0 Å². The number of hydrogen-bond acceptors (Lipinski definition) is 4. The van der Waals surface area contributed by atoms with E-state index in [2.05, 4.69) is 31.5 Å². The molecule has 0 saturated carbocycles. The maximum absolute atomic E-state index is 11.6. The SMILES string of the molecule is CN=C(NCc1ccccc1NS(C)(=O)=O)NCc1ccccc1-n1nc(C)cc1C.I. The van der Waals surface area contributed by atoms with E-state index in [9.17, 15) is 8.42 Å². The number of benzene rings is 2. The Labute approximate surface area is 206 Å². The molecule has 0 atom stereocenters. The monoisotopic (exact) mass is 568 g/mol. The first-order valence-electron chi connectivity index (χ1n) is 9.88. The minimum atomic E-state index is -3.35. The number of aryl methyl sites for hydroxylation is 2. The number of aliphatic imine (C=N–C) groups is 1. The van der Waals surface area contributed by atoms with Gasteiger partial charge in [0, 0.05) is 25.8 Å². The van der Waals surface area contributed by atoms with Gasteiger partial charge in [0.05, 0.1) is 23.3 Å². The zero-order chi connectivity index (χ0) is 22.4. The molecule has 1 aromatic heterocycles. The summed E-state index contributed by atoms with van der Waals surface area (Å²) in [5.74, 6) is 0.609. The molecule has 0 saturated heterocycles. The summed E-state index contributed by atoms with van der Waals surface area (Å²) in [6.07, 6.45) is 1.14. The van der Waals surface area contributed by atoms with E-state index in [0.29, 0.717) is 24.7 Å². The van der Waals surface area contributed by atoms with Crippen molar-refractivity contribution in [3.8, 4) is 5.69 Å². The van der Waals surface area contributed by atoms with Crippen molar-refractivity contribution in [2.45, 2.75) is 26.9 Å². The largest absolute Gasteiger partial charge is 0.352 e. The number of anilines is 1. The summed E-state index contributed by atoms with van der Waals surface area (Å²) < 4.78 is 27.7. The van der Waals surface area contributed by atoms with E-state index < -0.39 is 10.0 Å². The summed E-state index contributed by atoms with van der Waals surface area (Å²) in [6, 6.07) is 17.4. The van der Waals surface area contributed by atoms with Crippen molar-refractivity contribution < 1.29 is 8.42 Å². The summed E-state index contributed by atoms with van der Waals surface area (Å²) in [5, 5.41) is 11.1. The average molecular weight is 568 g/mol. The maximum atomic E-state index is 11.6. The third-order valence-electron chi connectivity index (χ3n) is 4.66. The Morgan fingerprint density at radius 2 is 1.59 bits per heavy atom. The van der Waals surface area contributed by atoms with Crippen molar-refractivity contribution in [1.29, 1.82) is 0 Å². The van der Waals surface area contributed by atoms with Gasteiger partial charge in [-0.1, -0.05) is 36.4 Å². The van der Waals surface area contributed by atoms with Crippen LogP contribution in [0.1, 0.15) is 22.5 Å². The Balaban J connectivity index is 0.00000363. The highest BCUT2D eigenvalue weighted by Gasteiger charge is 2.10. The zero-order valence-corrected chi connectivity index (χ0v) is 21.7. The van der Waals surface area contributed by atoms with Crippen molar-refractivity contribution in [1.82, 2.24) is 20.4 Å². The second-order valence-corrected chi connectivity index (χ2v) is 9.03. The highest BCUT2D eigenvalue weighted by atomic mass is 127. The summed E-state index contributed by atoms with van der Waals surface area (Å²) >= 11 is 0. The molecule has 2 aromatic carbocycles. The summed E-state index contributed by atoms with van der Waals surface area (Å²) in [4.78, 5) is 4.28. The van der Waals surface area contributed by atoms with E-state index in [0.717, 1.165) is 34.5 Å². The predicted molar refractivity (Wildman–Crippen MR) is 140 cm³/mol. The van der Waals surface area contributed by atoms with Crippen LogP contribution in [-0.2, 0) is 23.1 Å². The fourth-order valence-corrected chi connectivity index (χ4v) is 3.89. The molecule has 0 fully saturated rings. The molecule has 0 radical (unpaired) electrons. The molecule has 0 aliphatic carbocycles. The lowest BCUT2D eigenvalue weighted by molar-refractivity contribution is 0.606. The summed E-state index contributed by atoms with van der Waals surface area (Å²) in [5.41, 5.74) is 5.50. The van der Waals surface area contributed by atoms with Gasteiger partial charge in [-0.15, -0.1) is 24.0 Å². The van der Waals surface area contributed by atoms with Gasteiger partial charge in [0.25, 0.3) is 0 Å². The second kappa shape index (κ2) is 11.3. The number of rotatable bonds is 7. The molecule has 0 aliphatic heterocycles. The number of guanidine groups is 1. The van der Waals surface area contributed by atoms with E-state index >= 15 is 0 Å². The third-order valence-corrected chi connectivity index (χ3v) is 5.25. The van der Waals surface area contributed by atoms with Crippen LogP contribution in [0.25, 0.3) is 5.69 Å². The van der Waals surface area contributed by atoms with E-state index in [1.54, 1.807) is 19.2 Å². The molecule has 3 rings (SSSR count). The van der Waals surface area contributed by atoms with Gasteiger partial charge >= 0.3 is 0 Å². The summed E-state index contributed by atoms with van der Waals surface area (Å²) in [7, 11) is -1.66. The van der Waals surface area contributed by atoms with Crippen LogP contribution in [0.4, 0.5) is 5.69 Å². The normalized spacial score (nSPS) is 11.6. The summed E-state index contributed by atoms with van der Waals surface area (Å²) in [6.45, 7) is 4.98. The molecule has 0 aliphatic rings. The van der Waals surface area contributed by atoms with Crippen LogP contribution in [-0.4, -0.2) is 37.5 Å². The average Bonchev–Trinajstić information content (AvgIpc) is 3.06. The number of nitrogens with one attached hydrogen (secondary N) is 3. The van der Waals surface area contributed by atoms with Crippen molar-refractivity contribution in [2.75, 3.05) is 18.0 Å². The first-order valence-corrected chi connectivity index (χ1v) is 11.8. The number of para-hydroxylation sites is 2. The van der Waals surface area contributed by atoms with E-state index in [1.807, 2.05) is 54.9 Å². The fourth-order valence-electron chi connectivity index (χ4n) is 3.29. The van der Waals surface area contributed by atoms with E-state index in [-0.39, 0.29) is 24.0 Å². The Bertz CT molecular complexity index is 1190. The standard InChI is InChI=1S/C22H28N6O2S.HI/c1-16-13-17(2)28(26-16)21-12-8-6-10-19(21)15-25-22(23-3)24-14-18-9-5-7-11-20(18)27-31(4,29)30;/h5-13,27H,14-15H2,1-4H3,(H2,23,24,25);1H. The van der Waals surface area contributed by atoms with Crippen LogP contribution in [0.2, 0.25) is 0 Å². The molecule has 172 valence electrons. The topological polar surface area (TPSA) is 100 Å². The number of sulfonamides is 1. The lowest BCUT2D eigenvalue weighted by Crippen LogP contribution is -2.36. The molecule has 0 bridgehead atoms. The van der Waals surface area contributed by atoms with Gasteiger partial charge in [-0.3, -0.25) is 9.71 Å². The Hall–Kier alpha value is -2.60. The molecule has 0 amide bonds. The van der Waals surface area contributed by atoms with Crippen LogP contribution in [0.3, 0.4) is 0 Å². The van der Waals surface area contributed by atoms with Crippen molar-refractivity contribution >= 4 is 45.6 Å². The minimum Gasteiger partial charge on any atom is -0.352 e. The molecule has 8 nitrogen and oxygen atoms in total. The van der Waals surface area contributed by atoms with E-state index in [1.165, 1.54) is 0 Å². The van der Waals surface area contributed by atoms with Crippen molar-refractivity contribution in [3.63, 3.8) is 0 Å². The maximum Gasteiger partial charge on any atom is 0.229 e. The molecule has 0 spiro atoms. The molecule has 3 aromatic rings. The predicted octanol–water partition coefficient (Wildman–Crippen LogP) is 3.34. The third kappa shape index (κ3) is 6.95. The molecule has 1 heterocycles. The molecule has 10 heteroatoms. The molecular formula is C22H29IN6O2S. The highest BCUT2D eigenvalue weighted by molar-refractivity contribution is 14.0. The zero-order valence-electron chi connectivity index (χ0n) is 18.6. The van der Waals surface area contributed by atoms with E-state index in [4.69, 9.17) is 0 Å². The Morgan fingerprint density at radius 1 is 1.00 bits per heavy atom. The smallest absolute Gasteiger partial charge is 0.229 e. The van der Waals surface area contributed by atoms with Crippen LogP contribution in [0, 0.1) is 13.8 Å². The van der Waals surface area contributed by atoms with Gasteiger partial charge in [-0.25, -0.2) is 13.1 Å². The highest BCUT2D eigenvalue weighted by Crippen LogP contribution is 2.18. The van der Waals surface area contributed by atoms with Gasteiger partial charge < -0.3 is 10.6 Å². The van der Waals surface area contributed by atoms with Crippen molar-refractivity contribution in [2.24, 2.45) is 4.99 Å². The van der Waals surface area contributed by atoms with Crippen LogP contribution in [0.5, 0.6) is 0 Å². The fraction of sp³-hybridized carbons (Fsp3) is 0.273. The molecule has 32 heavy (non-hydrogen) atoms. The van der Waals surface area contributed by atoms with Gasteiger partial charge in [0.15, 0.2) is 5.96 Å². The molecule has 0 unspecified atom stereocenters. The van der Waals surface area contributed by atoms with Gasteiger partial charge in [-0.05, 0) is 43.2 Å². The van der Waals surface area contributed by atoms with Crippen LogP contribution < -0.4 is 15.4 Å². The van der Waals surface area contributed by atoms with Gasteiger partial charge in [-0.2, -0.15) is 5.10 Å². The number of nitrogens with zero attached hydrogens (tertiary/aromatic N) is 3. The lowest BCUT2D eigenvalue weighted by atomic mass is 10.1. The van der Waals surface area contributed by atoms with Crippen LogP contribution >= 0.6 is 24.0 Å². The lowest BCUT2D eigenvalue weighted by Gasteiger charge is -2.16. The molecule has 3 N–H and O–H groups in total. The second-order valence-electron chi connectivity index (χ2n) is 7.28. The van der Waals surface area contributed by atoms with Crippen molar-refractivity contribution in [3.05, 3.63) is 77.1 Å². The Morgan fingerprint density at radius 3 is 2.19 bits per heavy atom. The molecular weight excluding hydrogens is 539 g/mol.